The molecule has 4 nitrogen and oxygen atoms in total. The molecule has 4 aromatic carbocycles. The van der Waals surface area contributed by atoms with E-state index in [1.165, 1.54) is 0 Å². The van der Waals surface area contributed by atoms with E-state index in [9.17, 15) is 9.59 Å². The van der Waals surface area contributed by atoms with Crippen LogP contribution in [0.1, 0.15) is 20.7 Å². The number of fused-ring (bicyclic) bond motifs is 2. The molecule has 1 aliphatic carbocycles. The van der Waals surface area contributed by atoms with E-state index in [4.69, 9.17) is 0 Å². The lowest BCUT2D eigenvalue weighted by Gasteiger charge is -2.48. The lowest BCUT2D eigenvalue weighted by molar-refractivity contribution is 0.0795. The van der Waals surface area contributed by atoms with E-state index in [-0.39, 0.29) is 11.6 Å². The van der Waals surface area contributed by atoms with Crippen LogP contribution in [-0.2, 0) is 0 Å². The minimum Gasteiger partial charge on any atom is -0.338 e. The van der Waals surface area contributed by atoms with Gasteiger partial charge in [-0.1, -0.05) is 48.5 Å². The van der Waals surface area contributed by atoms with Gasteiger partial charge in [0.25, 0.3) is 0 Å². The molecular formula is C25H18N2O2. The number of Topliss-reactive ketones (excluding diaryl/α,β-unsaturated/α-hetero) is 2. The van der Waals surface area contributed by atoms with Gasteiger partial charge in [-0.15, -0.1) is 0 Å². The van der Waals surface area contributed by atoms with Gasteiger partial charge in [0.1, 0.15) is 0 Å². The number of benzene rings is 4. The Hall–Kier alpha value is -3.66. The first-order valence-electron chi connectivity index (χ1n) is 9.67. The standard InChI is InChI=1S/C25H18N2O2/c1-26-20-11-5-9-15-10-6-12-21(22(15)20)27(2)25(26)23(28)18-13-16-7-3-4-8-17(16)14-19(18)24(25)29/h3-14H,1-2H3. The van der Waals surface area contributed by atoms with Gasteiger partial charge >= 0.3 is 0 Å². The monoisotopic (exact) mass is 378 g/mol. The maximum Gasteiger partial charge on any atom is 0.242 e. The van der Waals surface area contributed by atoms with Crippen LogP contribution in [0, 0.1) is 0 Å². The molecule has 4 heteroatoms. The van der Waals surface area contributed by atoms with E-state index < -0.39 is 5.66 Å². The molecule has 0 atom stereocenters. The fourth-order valence-electron chi connectivity index (χ4n) is 5.14. The van der Waals surface area contributed by atoms with Crippen molar-refractivity contribution in [2.75, 3.05) is 23.9 Å². The van der Waals surface area contributed by atoms with Crippen molar-refractivity contribution in [3.63, 3.8) is 0 Å². The van der Waals surface area contributed by atoms with Crippen molar-refractivity contribution in [3.05, 3.63) is 83.9 Å². The first-order valence-corrected chi connectivity index (χ1v) is 9.67. The molecule has 6 rings (SSSR count). The predicted molar refractivity (Wildman–Crippen MR) is 116 cm³/mol. The molecule has 0 unspecified atom stereocenters. The van der Waals surface area contributed by atoms with E-state index in [1.54, 1.807) is 0 Å². The zero-order valence-electron chi connectivity index (χ0n) is 16.1. The van der Waals surface area contributed by atoms with Crippen molar-refractivity contribution >= 4 is 44.5 Å². The third-order valence-corrected chi connectivity index (χ3v) is 6.56. The quantitative estimate of drug-likeness (QED) is 0.418. The van der Waals surface area contributed by atoms with Gasteiger partial charge in [0.15, 0.2) is 0 Å². The topological polar surface area (TPSA) is 40.6 Å². The summed E-state index contributed by atoms with van der Waals surface area (Å²) >= 11 is 0. The Balaban J connectivity index is 1.67. The Morgan fingerprint density at radius 1 is 0.621 bits per heavy atom. The van der Waals surface area contributed by atoms with Gasteiger partial charge in [-0.2, -0.15) is 0 Å². The molecule has 0 N–H and O–H groups in total. The summed E-state index contributed by atoms with van der Waals surface area (Å²) in [4.78, 5) is 31.5. The van der Waals surface area contributed by atoms with Crippen molar-refractivity contribution in [3.8, 4) is 0 Å². The molecule has 1 aliphatic heterocycles. The zero-order valence-corrected chi connectivity index (χ0v) is 16.1. The summed E-state index contributed by atoms with van der Waals surface area (Å²) < 4.78 is 0. The number of ketones is 2. The Labute approximate surface area is 168 Å². The normalized spacial score (nSPS) is 16.9. The number of nitrogens with zero attached hydrogens (tertiary/aromatic N) is 2. The lowest BCUT2D eigenvalue weighted by atomic mass is 9.92. The Kier molecular flexibility index (Phi) is 2.94. The van der Waals surface area contributed by atoms with Crippen molar-refractivity contribution in [2.24, 2.45) is 0 Å². The highest BCUT2D eigenvalue weighted by molar-refractivity contribution is 6.38. The van der Waals surface area contributed by atoms with Crippen LogP contribution >= 0.6 is 0 Å². The molecule has 1 spiro atoms. The SMILES string of the molecule is CN1c2cccc3cccc(c23)N(C)C12C(=O)c1cc3ccccc3cc1C2=O. The van der Waals surface area contributed by atoms with Crippen molar-refractivity contribution < 1.29 is 9.59 Å². The molecule has 0 saturated carbocycles. The van der Waals surface area contributed by atoms with Crippen molar-refractivity contribution in [1.82, 2.24) is 0 Å². The number of likely N-dealkylation sites (N-methyl/N-ethyl adjacent to an activating group) is 2. The molecule has 0 amide bonds. The first kappa shape index (κ1) is 16.3. The van der Waals surface area contributed by atoms with Gasteiger partial charge in [-0.3, -0.25) is 9.59 Å². The maximum atomic E-state index is 13.9. The van der Waals surface area contributed by atoms with Crippen molar-refractivity contribution in [1.29, 1.82) is 0 Å². The molecule has 4 aromatic rings. The average molecular weight is 378 g/mol. The second kappa shape index (κ2) is 5.23. The summed E-state index contributed by atoms with van der Waals surface area (Å²) in [6.07, 6.45) is 0. The molecule has 1 heterocycles. The molecule has 0 aromatic heterocycles. The highest BCUT2D eigenvalue weighted by atomic mass is 16.2. The van der Waals surface area contributed by atoms with Gasteiger partial charge in [-0.05, 0) is 40.4 Å². The van der Waals surface area contributed by atoms with Crippen LogP contribution in [0.4, 0.5) is 11.4 Å². The van der Waals surface area contributed by atoms with E-state index >= 15 is 0 Å². The molecule has 2 aliphatic rings. The highest BCUT2D eigenvalue weighted by Gasteiger charge is 2.61. The van der Waals surface area contributed by atoms with E-state index in [0.717, 1.165) is 32.9 Å². The Bertz CT molecular complexity index is 1290. The van der Waals surface area contributed by atoms with E-state index in [1.807, 2.05) is 84.6 Å². The number of hydrogen-bond acceptors (Lipinski definition) is 4. The number of anilines is 2. The third kappa shape index (κ3) is 1.75. The van der Waals surface area contributed by atoms with E-state index in [0.29, 0.717) is 11.1 Å². The molecular weight excluding hydrogens is 360 g/mol. The first-order chi connectivity index (χ1) is 14.0. The largest absolute Gasteiger partial charge is 0.338 e. The average Bonchev–Trinajstić information content (AvgIpc) is 2.96. The second-order valence-corrected chi connectivity index (χ2v) is 7.85. The summed E-state index contributed by atoms with van der Waals surface area (Å²) in [5.74, 6) is -0.334. The molecule has 140 valence electrons. The smallest absolute Gasteiger partial charge is 0.242 e. The predicted octanol–water partition coefficient (Wildman–Crippen LogP) is 4.65. The Morgan fingerprint density at radius 2 is 1.07 bits per heavy atom. The minimum absolute atomic E-state index is 0.167. The van der Waals surface area contributed by atoms with Crippen LogP contribution in [0.5, 0.6) is 0 Å². The summed E-state index contributed by atoms with van der Waals surface area (Å²) in [5.41, 5.74) is 1.39. The fourth-order valence-corrected chi connectivity index (χ4v) is 5.14. The van der Waals surface area contributed by atoms with Crippen molar-refractivity contribution in [2.45, 2.75) is 5.66 Å². The van der Waals surface area contributed by atoms with Crippen LogP contribution in [0.3, 0.4) is 0 Å². The molecule has 29 heavy (non-hydrogen) atoms. The van der Waals surface area contributed by atoms with E-state index in [2.05, 4.69) is 12.1 Å². The number of hydrogen-bond donors (Lipinski definition) is 0. The fraction of sp³-hybridized carbons (Fsp3) is 0.120. The van der Waals surface area contributed by atoms with Crippen LogP contribution < -0.4 is 9.80 Å². The van der Waals surface area contributed by atoms with Crippen LogP contribution in [0.2, 0.25) is 0 Å². The zero-order chi connectivity index (χ0) is 19.9. The second-order valence-electron chi connectivity index (χ2n) is 7.85. The molecule has 0 fully saturated rings. The lowest BCUT2D eigenvalue weighted by Crippen LogP contribution is -2.67. The van der Waals surface area contributed by atoms with Gasteiger partial charge in [0.2, 0.25) is 17.2 Å². The highest BCUT2D eigenvalue weighted by Crippen LogP contribution is 2.49. The van der Waals surface area contributed by atoms with Gasteiger partial charge in [0.05, 0.1) is 0 Å². The van der Waals surface area contributed by atoms with Gasteiger partial charge < -0.3 is 9.80 Å². The number of carbonyl (C=O) groups excluding carboxylic acids is 2. The molecule has 0 saturated heterocycles. The maximum absolute atomic E-state index is 13.9. The summed E-state index contributed by atoms with van der Waals surface area (Å²) in [6.45, 7) is 0. The van der Waals surface area contributed by atoms with Crippen LogP contribution in [-0.4, -0.2) is 31.3 Å². The number of rotatable bonds is 0. The summed E-state index contributed by atoms with van der Waals surface area (Å²) in [5, 5.41) is 4.09. The van der Waals surface area contributed by atoms with Crippen LogP contribution in [0.25, 0.3) is 21.5 Å². The molecule has 0 bridgehead atoms. The minimum atomic E-state index is -1.40. The Morgan fingerprint density at radius 3 is 1.55 bits per heavy atom. The van der Waals surface area contributed by atoms with Gasteiger partial charge in [-0.25, -0.2) is 0 Å². The number of carbonyl (C=O) groups is 2. The third-order valence-electron chi connectivity index (χ3n) is 6.56. The van der Waals surface area contributed by atoms with Gasteiger partial charge in [0, 0.05) is 42.0 Å². The summed E-state index contributed by atoms with van der Waals surface area (Å²) in [7, 11) is 3.70. The van der Waals surface area contributed by atoms with Crippen LogP contribution in [0.15, 0.2) is 72.8 Å². The molecule has 0 radical (unpaired) electrons. The summed E-state index contributed by atoms with van der Waals surface area (Å²) in [6, 6.07) is 23.6.